The Bertz CT molecular complexity index is 1170. The quantitative estimate of drug-likeness (QED) is 0.515. The summed E-state index contributed by atoms with van der Waals surface area (Å²) in [4.78, 5) is 11.7. The Morgan fingerprint density at radius 1 is 1.00 bits per heavy atom. The van der Waals surface area contributed by atoms with Gasteiger partial charge in [-0.15, -0.1) is 0 Å². The summed E-state index contributed by atoms with van der Waals surface area (Å²) in [6.07, 6.45) is 3.83. The zero-order valence-corrected chi connectivity index (χ0v) is 17.8. The van der Waals surface area contributed by atoms with Gasteiger partial charge >= 0.3 is 0 Å². The first-order valence-corrected chi connectivity index (χ1v) is 10.8. The highest BCUT2D eigenvalue weighted by atomic mass is 16.5. The predicted octanol–water partition coefficient (Wildman–Crippen LogP) is 4.14. The van der Waals surface area contributed by atoms with E-state index < -0.39 is 0 Å². The Labute approximate surface area is 182 Å². The third-order valence-corrected chi connectivity index (χ3v) is 5.77. The summed E-state index contributed by atoms with van der Waals surface area (Å²) in [5, 5.41) is 4.63. The van der Waals surface area contributed by atoms with Crippen molar-refractivity contribution in [1.29, 1.82) is 0 Å². The molecule has 0 bridgehead atoms. The summed E-state index contributed by atoms with van der Waals surface area (Å²) in [5.41, 5.74) is 5.52. The SMILES string of the molecule is Cc1cccc(-n2cc(-c3ccccc3)c3c(NCCN4CCOCC4)ncnc32)c1. The molecular weight excluding hydrogens is 386 g/mol. The first-order chi connectivity index (χ1) is 15.3. The number of nitrogens with one attached hydrogen (secondary N) is 1. The van der Waals surface area contributed by atoms with Crippen LogP contribution >= 0.6 is 0 Å². The molecule has 2 aromatic heterocycles. The summed E-state index contributed by atoms with van der Waals surface area (Å²) in [6, 6.07) is 19.0. The maximum atomic E-state index is 5.45. The Morgan fingerprint density at radius 3 is 2.65 bits per heavy atom. The number of nitrogens with zero attached hydrogens (tertiary/aromatic N) is 4. The van der Waals surface area contributed by atoms with E-state index in [1.165, 1.54) is 5.56 Å². The van der Waals surface area contributed by atoms with Crippen LogP contribution in [0.2, 0.25) is 0 Å². The molecule has 0 spiro atoms. The first kappa shape index (κ1) is 19.7. The van der Waals surface area contributed by atoms with Crippen LogP contribution in [0.1, 0.15) is 5.56 Å². The van der Waals surface area contributed by atoms with E-state index in [0.717, 1.165) is 73.1 Å². The molecule has 0 saturated carbocycles. The summed E-state index contributed by atoms with van der Waals surface area (Å²) in [7, 11) is 0. The molecule has 0 aliphatic carbocycles. The summed E-state index contributed by atoms with van der Waals surface area (Å²) < 4.78 is 7.62. The van der Waals surface area contributed by atoms with Gasteiger partial charge in [0.2, 0.25) is 0 Å². The number of benzene rings is 2. The van der Waals surface area contributed by atoms with E-state index in [0.29, 0.717) is 0 Å². The molecule has 5 rings (SSSR count). The number of fused-ring (bicyclic) bond motifs is 1. The zero-order chi connectivity index (χ0) is 21.0. The number of hydrogen-bond acceptors (Lipinski definition) is 5. The summed E-state index contributed by atoms with van der Waals surface area (Å²) >= 11 is 0. The molecule has 3 heterocycles. The second-order valence-electron chi connectivity index (χ2n) is 7.92. The van der Waals surface area contributed by atoms with Gasteiger partial charge in [-0.3, -0.25) is 4.90 Å². The first-order valence-electron chi connectivity index (χ1n) is 10.8. The minimum Gasteiger partial charge on any atom is -0.379 e. The minimum atomic E-state index is 0.815. The third-order valence-electron chi connectivity index (χ3n) is 5.77. The van der Waals surface area contributed by atoms with Crippen LogP contribution in [0.5, 0.6) is 0 Å². The number of morpholine rings is 1. The summed E-state index contributed by atoms with van der Waals surface area (Å²) in [5.74, 6) is 0.878. The van der Waals surface area contributed by atoms with Crippen molar-refractivity contribution in [2.24, 2.45) is 0 Å². The molecule has 0 unspecified atom stereocenters. The van der Waals surface area contributed by atoms with Crippen LogP contribution in [0.4, 0.5) is 5.82 Å². The Balaban J connectivity index is 1.55. The van der Waals surface area contributed by atoms with Gasteiger partial charge in [0.15, 0.2) is 5.65 Å². The smallest absolute Gasteiger partial charge is 0.150 e. The predicted molar refractivity (Wildman–Crippen MR) is 125 cm³/mol. The Morgan fingerprint density at radius 2 is 1.84 bits per heavy atom. The van der Waals surface area contributed by atoms with Crippen LogP contribution in [-0.4, -0.2) is 58.8 Å². The van der Waals surface area contributed by atoms with Gasteiger partial charge < -0.3 is 14.6 Å². The van der Waals surface area contributed by atoms with Crippen molar-refractivity contribution in [2.45, 2.75) is 6.92 Å². The molecule has 0 radical (unpaired) electrons. The van der Waals surface area contributed by atoms with E-state index in [-0.39, 0.29) is 0 Å². The van der Waals surface area contributed by atoms with Crippen molar-refractivity contribution in [3.05, 3.63) is 72.7 Å². The lowest BCUT2D eigenvalue weighted by atomic mass is 10.1. The monoisotopic (exact) mass is 413 g/mol. The average Bonchev–Trinajstić information content (AvgIpc) is 3.21. The van der Waals surface area contributed by atoms with Crippen LogP contribution in [0.25, 0.3) is 27.8 Å². The fourth-order valence-corrected chi connectivity index (χ4v) is 4.16. The minimum absolute atomic E-state index is 0.815. The topological polar surface area (TPSA) is 55.2 Å². The van der Waals surface area contributed by atoms with E-state index in [9.17, 15) is 0 Å². The number of aromatic nitrogens is 3. The van der Waals surface area contributed by atoms with Gasteiger partial charge in [-0.05, 0) is 30.2 Å². The number of anilines is 1. The molecule has 158 valence electrons. The van der Waals surface area contributed by atoms with Gasteiger partial charge in [-0.2, -0.15) is 0 Å². The van der Waals surface area contributed by atoms with Gasteiger partial charge in [0.1, 0.15) is 12.1 Å². The van der Waals surface area contributed by atoms with E-state index >= 15 is 0 Å². The molecule has 0 atom stereocenters. The molecule has 1 fully saturated rings. The molecule has 1 saturated heterocycles. The van der Waals surface area contributed by atoms with Gasteiger partial charge in [-0.25, -0.2) is 9.97 Å². The molecule has 1 N–H and O–H groups in total. The van der Waals surface area contributed by atoms with Crippen molar-refractivity contribution >= 4 is 16.9 Å². The molecule has 4 aromatic rings. The van der Waals surface area contributed by atoms with E-state index in [1.54, 1.807) is 6.33 Å². The van der Waals surface area contributed by atoms with Crippen molar-refractivity contribution in [3.63, 3.8) is 0 Å². The normalized spacial score (nSPS) is 14.7. The van der Waals surface area contributed by atoms with Gasteiger partial charge in [0, 0.05) is 43.6 Å². The molecule has 1 aliphatic rings. The molecular formula is C25H27N5O. The van der Waals surface area contributed by atoms with Crippen LogP contribution in [0.3, 0.4) is 0 Å². The van der Waals surface area contributed by atoms with Crippen molar-refractivity contribution in [2.75, 3.05) is 44.7 Å². The lowest BCUT2D eigenvalue weighted by Crippen LogP contribution is -2.39. The van der Waals surface area contributed by atoms with Crippen LogP contribution < -0.4 is 5.32 Å². The van der Waals surface area contributed by atoms with Crippen LogP contribution in [-0.2, 0) is 4.74 Å². The highest BCUT2D eigenvalue weighted by Gasteiger charge is 2.18. The lowest BCUT2D eigenvalue weighted by Gasteiger charge is -2.26. The van der Waals surface area contributed by atoms with Gasteiger partial charge in [-0.1, -0.05) is 42.5 Å². The largest absolute Gasteiger partial charge is 0.379 e. The third kappa shape index (κ3) is 4.17. The average molecular weight is 414 g/mol. The van der Waals surface area contributed by atoms with Crippen molar-refractivity contribution < 1.29 is 4.74 Å². The molecule has 31 heavy (non-hydrogen) atoms. The van der Waals surface area contributed by atoms with E-state index in [2.05, 4.69) is 86.4 Å². The van der Waals surface area contributed by atoms with Crippen molar-refractivity contribution in [1.82, 2.24) is 19.4 Å². The highest BCUT2D eigenvalue weighted by Crippen LogP contribution is 2.35. The fourth-order valence-electron chi connectivity index (χ4n) is 4.16. The fraction of sp³-hybridized carbons (Fsp3) is 0.280. The number of ether oxygens (including phenoxy) is 1. The molecule has 0 amide bonds. The molecule has 2 aromatic carbocycles. The number of hydrogen-bond donors (Lipinski definition) is 1. The maximum Gasteiger partial charge on any atom is 0.150 e. The van der Waals surface area contributed by atoms with Crippen LogP contribution in [0.15, 0.2) is 67.1 Å². The lowest BCUT2D eigenvalue weighted by molar-refractivity contribution is 0.0398. The van der Waals surface area contributed by atoms with Crippen molar-refractivity contribution in [3.8, 4) is 16.8 Å². The van der Waals surface area contributed by atoms with Crippen LogP contribution in [0, 0.1) is 6.92 Å². The number of rotatable bonds is 6. The maximum absolute atomic E-state index is 5.45. The molecule has 6 heteroatoms. The Hall–Kier alpha value is -3.22. The molecule has 1 aliphatic heterocycles. The van der Waals surface area contributed by atoms with E-state index in [1.807, 2.05) is 6.07 Å². The highest BCUT2D eigenvalue weighted by molar-refractivity contribution is 6.02. The van der Waals surface area contributed by atoms with E-state index in [4.69, 9.17) is 4.74 Å². The molecule has 6 nitrogen and oxygen atoms in total. The van der Waals surface area contributed by atoms with Gasteiger partial charge in [0.05, 0.1) is 18.6 Å². The zero-order valence-electron chi connectivity index (χ0n) is 17.8. The number of aryl methyl sites for hydroxylation is 1. The van der Waals surface area contributed by atoms with Gasteiger partial charge in [0.25, 0.3) is 0 Å². The second-order valence-corrected chi connectivity index (χ2v) is 7.92. The summed E-state index contributed by atoms with van der Waals surface area (Å²) in [6.45, 7) is 7.51. The standard InChI is InChI=1S/C25H27N5O/c1-19-6-5-9-21(16-19)30-17-22(20-7-3-2-4-8-20)23-24(27-18-28-25(23)30)26-10-11-29-12-14-31-15-13-29/h2-9,16-18H,10-15H2,1H3,(H,26,27,28). The second kappa shape index (κ2) is 8.88. The Kier molecular flexibility index (Phi) is 5.65.